The minimum atomic E-state index is -4.49. The van der Waals surface area contributed by atoms with Crippen LogP contribution in [0.5, 0.6) is 0 Å². The molecular formula is C14H16ClF3N4. The van der Waals surface area contributed by atoms with Gasteiger partial charge in [0.1, 0.15) is 10.8 Å². The number of hydrogen-bond donors (Lipinski definition) is 1. The minimum absolute atomic E-state index is 0.140. The maximum Gasteiger partial charge on any atom is 0.433 e. The molecule has 1 atom stereocenters. The fourth-order valence-electron chi connectivity index (χ4n) is 1.98. The lowest BCUT2D eigenvalue weighted by molar-refractivity contribution is -0.141. The Morgan fingerprint density at radius 1 is 1.36 bits per heavy atom. The SMILES string of the molecule is CCn1cc(CNC(C)c2ccc(C(F)(F)F)nc2Cl)cn1. The highest BCUT2D eigenvalue weighted by Crippen LogP contribution is 2.31. The summed E-state index contributed by atoms with van der Waals surface area (Å²) in [6.45, 7) is 5.13. The third kappa shape index (κ3) is 3.98. The van der Waals surface area contributed by atoms with E-state index in [9.17, 15) is 13.2 Å². The summed E-state index contributed by atoms with van der Waals surface area (Å²) in [5.74, 6) is 0. The number of hydrogen-bond acceptors (Lipinski definition) is 3. The highest BCUT2D eigenvalue weighted by atomic mass is 35.5. The van der Waals surface area contributed by atoms with E-state index in [1.807, 2.05) is 20.0 Å². The molecule has 0 spiro atoms. The van der Waals surface area contributed by atoms with Gasteiger partial charge < -0.3 is 5.32 Å². The van der Waals surface area contributed by atoms with Gasteiger partial charge in [-0.3, -0.25) is 4.68 Å². The molecule has 0 saturated heterocycles. The standard InChI is InChI=1S/C14H16ClF3N4/c1-3-22-8-10(7-20-22)6-19-9(2)11-4-5-12(14(16,17)18)21-13(11)15/h4-5,7-9,19H,3,6H2,1-2H3. The largest absolute Gasteiger partial charge is 0.433 e. The highest BCUT2D eigenvalue weighted by Gasteiger charge is 2.33. The number of alkyl halides is 3. The summed E-state index contributed by atoms with van der Waals surface area (Å²) in [6, 6.07) is 2.06. The molecule has 0 amide bonds. The Labute approximate surface area is 131 Å². The minimum Gasteiger partial charge on any atom is -0.306 e. The summed E-state index contributed by atoms with van der Waals surface area (Å²) in [7, 11) is 0. The molecule has 0 fully saturated rings. The van der Waals surface area contributed by atoms with Crippen LogP contribution in [0.1, 0.15) is 36.7 Å². The predicted molar refractivity (Wildman–Crippen MR) is 77.4 cm³/mol. The van der Waals surface area contributed by atoms with Gasteiger partial charge in [0, 0.05) is 36.5 Å². The monoisotopic (exact) mass is 332 g/mol. The molecule has 2 rings (SSSR count). The van der Waals surface area contributed by atoms with Crippen molar-refractivity contribution in [3.8, 4) is 0 Å². The molecule has 1 N–H and O–H groups in total. The first kappa shape index (κ1) is 16.8. The Balaban J connectivity index is 2.04. The second-order valence-corrected chi connectivity index (χ2v) is 5.24. The number of pyridine rings is 1. The van der Waals surface area contributed by atoms with Crippen molar-refractivity contribution in [1.82, 2.24) is 20.1 Å². The van der Waals surface area contributed by atoms with Gasteiger partial charge in [0.15, 0.2) is 0 Å². The topological polar surface area (TPSA) is 42.7 Å². The quantitative estimate of drug-likeness (QED) is 0.846. The molecule has 0 bridgehead atoms. The van der Waals surface area contributed by atoms with Gasteiger partial charge in [-0.15, -0.1) is 0 Å². The number of nitrogens with one attached hydrogen (secondary N) is 1. The molecule has 22 heavy (non-hydrogen) atoms. The molecule has 0 aliphatic carbocycles. The predicted octanol–water partition coefficient (Wildman–Crippen LogP) is 3.82. The van der Waals surface area contributed by atoms with Gasteiger partial charge in [0.25, 0.3) is 0 Å². The van der Waals surface area contributed by atoms with Gasteiger partial charge >= 0.3 is 6.18 Å². The lowest BCUT2D eigenvalue weighted by atomic mass is 10.1. The van der Waals surface area contributed by atoms with Crippen LogP contribution in [-0.2, 0) is 19.3 Å². The highest BCUT2D eigenvalue weighted by molar-refractivity contribution is 6.30. The molecule has 0 aromatic carbocycles. The van der Waals surface area contributed by atoms with E-state index in [2.05, 4.69) is 15.4 Å². The Morgan fingerprint density at radius 2 is 2.09 bits per heavy atom. The summed E-state index contributed by atoms with van der Waals surface area (Å²) in [5.41, 5.74) is 0.528. The smallest absolute Gasteiger partial charge is 0.306 e. The zero-order chi connectivity index (χ0) is 16.3. The van der Waals surface area contributed by atoms with Crippen LogP contribution in [0.25, 0.3) is 0 Å². The molecule has 2 heterocycles. The van der Waals surface area contributed by atoms with Crippen molar-refractivity contribution in [1.29, 1.82) is 0 Å². The summed E-state index contributed by atoms with van der Waals surface area (Å²) in [5, 5.41) is 7.21. The van der Waals surface area contributed by atoms with E-state index >= 15 is 0 Å². The van der Waals surface area contributed by atoms with Crippen LogP contribution in [0.15, 0.2) is 24.5 Å². The van der Waals surface area contributed by atoms with Crippen LogP contribution < -0.4 is 5.32 Å². The lowest BCUT2D eigenvalue weighted by Gasteiger charge is -2.16. The summed E-state index contributed by atoms with van der Waals surface area (Å²) >= 11 is 5.87. The van der Waals surface area contributed by atoms with Gasteiger partial charge in [-0.1, -0.05) is 17.7 Å². The average molecular weight is 333 g/mol. The lowest BCUT2D eigenvalue weighted by Crippen LogP contribution is -2.19. The van der Waals surface area contributed by atoms with Crippen molar-refractivity contribution in [3.05, 3.63) is 46.5 Å². The molecule has 0 aliphatic rings. The fourth-order valence-corrected chi connectivity index (χ4v) is 2.30. The Morgan fingerprint density at radius 3 is 2.64 bits per heavy atom. The second-order valence-electron chi connectivity index (χ2n) is 4.88. The number of aromatic nitrogens is 3. The molecule has 2 aromatic rings. The van der Waals surface area contributed by atoms with Crippen LogP contribution in [0.4, 0.5) is 13.2 Å². The average Bonchev–Trinajstić information content (AvgIpc) is 2.91. The molecule has 2 aromatic heterocycles. The summed E-state index contributed by atoms with van der Waals surface area (Å²) in [4.78, 5) is 3.42. The van der Waals surface area contributed by atoms with Crippen molar-refractivity contribution in [2.24, 2.45) is 0 Å². The van der Waals surface area contributed by atoms with Gasteiger partial charge in [0.2, 0.25) is 0 Å². The van der Waals surface area contributed by atoms with E-state index in [-0.39, 0.29) is 11.2 Å². The van der Waals surface area contributed by atoms with Crippen LogP contribution in [-0.4, -0.2) is 14.8 Å². The fraction of sp³-hybridized carbons (Fsp3) is 0.429. The zero-order valence-corrected chi connectivity index (χ0v) is 12.9. The van der Waals surface area contributed by atoms with E-state index in [1.165, 1.54) is 6.07 Å². The molecule has 8 heteroatoms. The molecule has 120 valence electrons. The normalized spacial score (nSPS) is 13.4. The van der Waals surface area contributed by atoms with Crippen LogP contribution >= 0.6 is 11.6 Å². The Kier molecular flexibility index (Phi) is 5.08. The first-order valence-electron chi connectivity index (χ1n) is 6.79. The second kappa shape index (κ2) is 6.66. The number of halogens is 4. The maximum atomic E-state index is 12.6. The Bertz CT molecular complexity index is 639. The molecule has 1 unspecified atom stereocenters. The number of rotatable bonds is 5. The van der Waals surface area contributed by atoms with Gasteiger partial charge in [-0.25, -0.2) is 4.98 Å². The van der Waals surface area contributed by atoms with Crippen LogP contribution in [0.2, 0.25) is 5.15 Å². The van der Waals surface area contributed by atoms with Gasteiger partial charge in [-0.2, -0.15) is 18.3 Å². The third-order valence-electron chi connectivity index (χ3n) is 3.26. The van der Waals surface area contributed by atoms with E-state index in [1.54, 1.807) is 10.9 Å². The van der Waals surface area contributed by atoms with E-state index in [0.717, 1.165) is 18.2 Å². The van der Waals surface area contributed by atoms with Crippen molar-refractivity contribution in [3.63, 3.8) is 0 Å². The van der Waals surface area contributed by atoms with Crippen LogP contribution in [0.3, 0.4) is 0 Å². The van der Waals surface area contributed by atoms with Gasteiger partial charge in [-0.05, 0) is 19.9 Å². The molecule has 0 saturated carbocycles. The van der Waals surface area contributed by atoms with E-state index in [0.29, 0.717) is 12.1 Å². The van der Waals surface area contributed by atoms with Crippen molar-refractivity contribution in [2.45, 2.75) is 39.2 Å². The van der Waals surface area contributed by atoms with Crippen molar-refractivity contribution < 1.29 is 13.2 Å². The Hall–Kier alpha value is -1.60. The third-order valence-corrected chi connectivity index (χ3v) is 3.56. The van der Waals surface area contributed by atoms with Crippen molar-refractivity contribution in [2.75, 3.05) is 0 Å². The zero-order valence-electron chi connectivity index (χ0n) is 12.2. The molecule has 0 aliphatic heterocycles. The van der Waals surface area contributed by atoms with Crippen molar-refractivity contribution >= 4 is 11.6 Å². The molecular weight excluding hydrogens is 317 g/mol. The van der Waals surface area contributed by atoms with Gasteiger partial charge in [0.05, 0.1) is 6.20 Å². The summed E-state index contributed by atoms with van der Waals surface area (Å²) in [6.07, 6.45) is -0.838. The molecule has 0 radical (unpaired) electrons. The van der Waals surface area contributed by atoms with E-state index in [4.69, 9.17) is 11.6 Å². The van der Waals surface area contributed by atoms with E-state index < -0.39 is 11.9 Å². The number of nitrogens with zero attached hydrogens (tertiary/aromatic N) is 3. The summed E-state index contributed by atoms with van der Waals surface area (Å²) < 4.78 is 39.5. The molecule has 4 nitrogen and oxygen atoms in total. The first-order chi connectivity index (χ1) is 10.3. The number of aryl methyl sites for hydroxylation is 1. The first-order valence-corrected chi connectivity index (χ1v) is 7.17. The van der Waals surface area contributed by atoms with Crippen LogP contribution in [0, 0.1) is 0 Å². The maximum absolute atomic E-state index is 12.6.